The third-order valence-electron chi connectivity index (χ3n) is 1.74. The second-order valence-electron chi connectivity index (χ2n) is 2.64. The summed E-state index contributed by atoms with van der Waals surface area (Å²) in [5.74, 6) is -1.35. The first-order chi connectivity index (χ1) is 5.54. The molecule has 0 radical (unpaired) electrons. The van der Waals surface area contributed by atoms with Crippen LogP contribution in [0, 0.1) is 0 Å². The molecule has 70 valence electrons. The molecule has 0 aromatic rings. The number of aliphatic carboxylic acids is 1. The Morgan fingerprint density at radius 1 is 1.25 bits per heavy atom. The Labute approximate surface area is 68.0 Å². The lowest BCUT2D eigenvalue weighted by Crippen LogP contribution is -2.55. The van der Waals surface area contributed by atoms with Gasteiger partial charge in [-0.3, -0.25) is 0 Å². The zero-order valence-corrected chi connectivity index (χ0v) is 6.12. The Kier molecular flexibility index (Phi) is 2.63. The number of carbonyl (C=O) groups is 1. The van der Waals surface area contributed by atoms with Crippen molar-refractivity contribution in [1.29, 1.82) is 0 Å². The van der Waals surface area contributed by atoms with Gasteiger partial charge >= 0.3 is 5.97 Å². The maximum absolute atomic E-state index is 10.3. The van der Waals surface area contributed by atoms with E-state index in [0.717, 1.165) is 0 Å². The molecule has 0 bridgehead atoms. The van der Waals surface area contributed by atoms with Crippen LogP contribution >= 0.6 is 0 Å². The van der Waals surface area contributed by atoms with E-state index in [9.17, 15) is 4.79 Å². The lowest BCUT2D eigenvalue weighted by Gasteiger charge is -2.32. The molecular weight excluding hydrogens is 168 g/mol. The van der Waals surface area contributed by atoms with Gasteiger partial charge in [-0.15, -0.1) is 0 Å². The predicted molar refractivity (Wildman–Crippen MR) is 35.4 cm³/mol. The number of aliphatic hydroxyl groups is 3. The van der Waals surface area contributed by atoms with E-state index in [0.29, 0.717) is 0 Å². The van der Waals surface area contributed by atoms with Gasteiger partial charge in [0.15, 0.2) is 6.10 Å². The summed E-state index contributed by atoms with van der Waals surface area (Å²) in [7, 11) is 0. The number of aliphatic hydroxyl groups excluding tert-OH is 3. The Morgan fingerprint density at radius 3 is 2.33 bits per heavy atom. The third kappa shape index (κ3) is 1.56. The molecule has 6 nitrogen and oxygen atoms in total. The van der Waals surface area contributed by atoms with Gasteiger partial charge < -0.3 is 25.2 Å². The highest BCUT2D eigenvalue weighted by Gasteiger charge is 2.41. The molecular formula is C6H10O6. The summed E-state index contributed by atoms with van der Waals surface area (Å²) >= 11 is 0. The van der Waals surface area contributed by atoms with Gasteiger partial charge in [0.05, 0.1) is 6.61 Å². The van der Waals surface area contributed by atoms with Crippen LogP contribution in [0.5, 0.6) is 0 Å². The van der Waals surface area contributed by atoms with Crippen molar-refractivity contribution in [1.82, 2.24) is 0 Å². The van der Waals surface area contributed by atoms with E-state index < -0.39 is 30.4 Å². The van der Waals surface area contributed by atoms with Gasteiger partial charge in [0.25, 0.3) is 0 Å². The van der Waals surface area contributed by atoms with Crippen molar-refractivity contribution in [2.45, 2.75) is 24.4 Å². The normalized spacial score (nSPS) is 42.6. The van der Waals surface area contributed by atoms with E-state index in [-0.39, 0.29) is 6.61 Å². The van der Waals surface area contributed by atoms with Crippen LogP contribution in [0.25, 0.3) is 0 Å². The molecule has 6 heteroatoms. The van der Waals surface area contributed by atoms with E-state index in [1.807, 2.05) is 0 Å². The first kappa shape index (κ1) is 9.40. The lowest BCUT2D eigenvalue weighted by atomic mass is 10.0. The molecule has 1 aliphatic rings. The van der Waals surface area contributed by atoms with Gasteiger partial charge in [0, 0.05) is 0 Å². The highest BCUT2D eigenvalue weighted by Crippen LogP contribution is 2.15. The second kappa shape index (κ2) is 3.36. The minimum atomic E-state index is -1.58. The van der Waals surface area contributed by atoms with Crippen LogP contribution in [0.4, 0.5) is 0 Å². The quantitative estimate of drug-likeness (QED) is 0.355. The van der Waals surface area contributed by atoms with Crippen LogP contribution in [-0.4, -0.2) is 57.4 Å². The topological polar surface area (TPSA) is 107 Å². The average Bonchev–Trinajstić information content (AvgIpc) is 2.00. The molecule has 0 amide bonds. The second-order valence-corrected chi connectivity index (χ2v) is 2.64. The van der Waals surface area contributed by atoms with Crippen LogP contribution < -0.4 is 0 Å². The van der Waals surface area contributed by atoms with Crippen molar-refractivity contribution < 1.29 is 30.0 Å². The van der Waals surface area contributed by atoms with Gasteiger partial charge in [0.2, 0.25) is 0 Å². The number of carboxylic acids is 1. The number of ether oxygens (including phenoxy) is 1. The van der Waals surface area contributed by atoms with E-state index in [2.05, 4.69) is 4.74 Å². The minimum Gasteiger partial charge on any atom is -0.479 e. The van der Waals surface area contributed by atoms with Gasteiger partial charge in [0.1, 0.15) is 18.3 Å². The molecule has 0 spiro atoms. The van der Waals surface area contributed by atoms with E-state index in [4.69, 9.17) is 20.4 Å². The Hall–Kier alpha value is -0.690. The molecule has 1 saturated heterocycles. The molecule has 1 fully saturated rings. The van der Waals surface area contributed by atoms with Crippen molar-refractivity contribution in [3.05, 3.63) is 0 Å². The predicted octanol–water partition coefficient (Wildman–Crippen LogP) is -2.45. The van der Waals surface area contributed by atoms with Crippen LogP contribution in [0.2, 0.25) is 0 Å². The average molecular weight is 178 g/mol. The maximum atomic E-state index is 10.3. The lowest BCUT2D eigenvalue weighted by molar-refractivity contribution is -0.201. The van der Waals surface area contributed by atoms with Crippen LogP contribution in [0.1, 0.15) is 0 Å². The van der Waals surface area contributed by atoms with Gasteiger partial charge in [-0.2, -0.15) is 0 Å². The van der Waals surface area contributed by atoms with Crippen molar-refractivity contribution in [2.75, 3.05) is 6.61 Å². The smallest absolute Gasteiger partial charge is 0.335 e. The maximum Gasteiger partial charge on any atom is 0.335 e. The SMILES string of the molecule is O=C(O)[C@H]1OCC(O)[C@@H](O)[C@@H]1O. The van der Waals surface area contributed by atoms with Gasteiger partial charge in [-0.1, -0.05) is 0 Å². The summed E-state index contributed by atoms with van der Waals surface area (Å²) in [4.78, 5) is 10.3. The molecule has 0 aromatic heterocycles. The van der Waals surface area contributed by atoms with E-state index >= 15 is 0 Å². The van der Waals surface area contributed by atoms with E-state index in [1.165, 1.54) is 0 Å². The fraction of sp³-hybridized carbons (Fsp3) is 0.833. The Balaban J connectivity index is 2.65. The molecule has 1 rings (SSSR count). The summed E-state index contributed by atoms with van der Waals surface area (Å²) in [6.07, 6.45) is -5.72. The van der Waals surface area contributed by atoms with E-state index in [1.54, 1.807) is 0 Å². The number of hydrogen-bond acceptors (Lipinski definition) is 5. The molecule has 4 N–H and O–H groups in total. The van der Waals surface area contributed by atoms with Crippen LogP contribution in [0.15, 0.2) is 0 Å². The van der Waals surface area contributed by atoms with Crippen molar-refractivity contribution in [2.24, 2.45) is 0 Å². The largest absolute Gasteiger partial charge is 0.479 e. The molecule has 1 unspecified atom stereocenters. The summed E-state index contributed by atoms with van der Waals surface area (Å²) in [6, 6.07) is 0. The highest BCUT2D eigenvalue weighted by molar-refractivity contribution is 5.73. The highest BCUT2D eigenvalue weighted by atomic mass is 16.5. The molecule has 1 heterocycles. The van der Waals surface area contributed by atoms with Crippen molar-refractivity contribution >= 4 is 5.97 Å². The number of carboxylic acid groups (broad SMARTS) is 1. The van der Waals surface area contributed by atoms with Crippen LogP contribution in [-0.2, 0) is 9.53 Å². The molecule has 1 aliphatic heterocycles. The molecule has 12 heavy (non-hydrogen) atoms. The van der Waals surface area contributed by atoms with Crippen LogP contribution in [0.3, 0.4) is 0 Å². The Bertz CT molecular complexity index is 181. The zero-order chi connectivity index (χ0) is 9.30. The molecule has 4 atom stereocenters. The molecule has 0 aromatic carbocycles. The first-order valence-electron chi connectivity index (χ1n) is 3.42. The summed E-state index contributed by atoms with van der Waals surface area (Å²) in [6.45, 7) is -0.283. The first-order valence-corrected chi connectivity index (χ1v) is 3.42. The summed E-state index contributed by atoms with van der Waals surface area (Å²) < 4.78 is 4.57. The third-order valence-corrected chi connectivity index (χ3v) is 1.74. The fourth-order valence-corrected chi connectivity index (χ4v) is 1.02. The minimum absolute atomic E-state index is 0.283. The van der Waals surface area contributed by atoms with Crippen molar-refractivity contribution in [3.8, 4) is 0 Å². The van der Waals surface area contributed by atoms with Gasteiger partial charge in [-0.05, 0) is 0 Å². The summed E-state index contributed by atoms with van der Waals surface area (Å²) in [5.41, 5.74) is 0. The number of rotatable bonds is 1. The molecule has 0 aliphatic carbocycles. The fourth-order valence-electron chi connectivity index (χ4n) is 1.02. The monoisotopic (exact) mass is 178 g/mol. The molecule has 0 saturated carbocycles. The number of hydrogen-bond donors (Lipinski definition) is 4. The Morgan fingerprint density at radius 2 is 1.83 bits per heavy atom. The van der Waals surface area contributed by atoms with Gasteiger partial charge in [-0.25, -0.2) is 4.79 Å². The standard InChI is InChI=1S/C6H10O6/c7-2-1-12-5(6(10)11)4(9)3(2)8/h2-5,7-9H,1H2,(H,10,11)/t2?,3-,4+,5+/m1/s1. The van der Waals surface area contributed by atoms with Crippen molar-refractivity contribution in [3.63, 3.8) is 0 Å². The summed E-state index contributed by atoms with van der Waals surface area (Å²) in [5, 5.41) is 35.4. The zero-order valence-electron chi connectivity index (χ0n) is 6.12.